The summed E-state index contributed by atoms with van der Waals surface area (Å²) in [5.74, 6) is 0. The molecule has 2 fully saturated rings. The summed E-state index contributed by atoms with van der Waals surface area (Å²) in [6.45, 7) is -0.617. The average Bonchev–Trinajstić information content (AvgIpc) is 2.54. The van der Waals surface area contributed by atoms with Gasteiger partial charge in [-0.15, -0.1) is 0 Å². The summed E-state index contributed by atoms with van der Waals surface area (Å²) in [5.41, 5.74) is 11.4. The quantitative estimate of drug-likeness (QED) is 0.236. The Morgan fingerprint density at radius 3 is 1.83 bits per heavy atom. The molecule has 1 saturated heterocycles. The highest BCUT2D eigenvalue weighted by Gasteiger charge is 2.51. The molecule has 1 aliphatic carbocycles. The van der Waals surface area contributed by atoms with Crippen LogP contribution in [0.25, 0.3) is 0 Å². The second kappa shape index (κ2) is 7.21. The van der Waals surface area contributed by atoms with Crippen LogP contribution in [-0.4, -0.2) is 110 Å². The van der Waals surface area contributed by atoms with Crippen molar-refractivity contribution >= 4 is 0 Å². The Bertz CT molecular complexity index is 385. The monoisotopic (exact) mass is 340 g/mol. The molecule has 0 spiro atoms. The van der Waals surface area contributed by atoms with E-state index in [0.29, 0.717) is 0 Å². The van der Waals surface area contributed by atoms with Crippen LogP contribution in [0, 0.1) is 0 Å². The van der Waals surface area contributed by atoms with Crippen LogP contribution in [0.5, 0.6) is 0 Å². The van der Waals surface area contributed by atoms with Crippen molar-refractivity contribution in [3.05, 3.63) is 0 Å². The van der Waals surface area contributed by atoms with Crippen LogP contribution in [0.1, 0.15) is 0 Å². The zero-order valence-electron chi connectivity index (χ0n) is 12.2. The van der Waals surface area contributed by atoms with Gasteiger partial charge in [-0.2, -0.15) is 0 Å². The predicted octanol–water partition coefficient (Wildman–Crippen LogP) is -6.08. The smallest absolute Gasteiger partial charge is 0.176 e. The van der Waals surface area contributed by atoms with Crippen LogP contribution in [0.2, 0.25) is 0 Å². The van der Waals surface area contributed by atoms with Gasteiger partial charge < -0.3 is 56.7 Å². The molecule has 11 heteroatoms. The van der Waals surface area contributed by atoms with E-state index in [2.05, 4.69) is 0 Å². The number of rotatable bonds is 3. The first kappa shape index (κ1) is 18.9. The maximum absolute atomic E-state index is 9.97. The second-order valence-electron chi connectivity index (χ2n) is 5.92. The van der Waals surface area contributed by atoms with E-state index < -0.39 is 73.8 Å². The molecule has 0 bridgehead atoms. The molecule has 1 saturated carbocycles. The van der Waals surface area contributed by atoms with Crippen LogP contribution in [0.3, 0.4) is 0 Å². The minimum Gasteiger partial charge on any atom is -0.394 e. The van der Waals surface area contributed by atoms with Gasteiger partial charge in [0.1, 0.15) is 48.8 Å². The molecule has 11 atom stereocenters. The van der Waals surface area contributed by atoms with Crippen molar-refractivity contribution < 1.29 is 45.2 Å². The van der Waals surface area contributed by atoms with Crippen LogP contribution in [-0.2, 0) is 9.47 Å². The lowest BCUT2D eigenvalue weighted by Crippen LogP contribution is -2.70. The lowest BCUT2D eigenvalue weighted by molar-refractivity contribution is -0.303. The van der Waals surface area contributed by atoms with Gasteiger partial charge in [-0.3, -0.25) is 0 Å². The number of hydrogen-bond acceptors (Lipinski definition) is 11. The maximum Gasteiger partial charge on any atom is 0.176 e. The van der Waals surface area contributed by atoms with E-state index in [0.717, 1.165) is 0 Å². The number of aliphatic hydroxyl groups is 7. The minimum absolute atomic E-state index is 0.617. The van der Waals surface area contributed by atoms with E-state index in [4.69, 9.17) is 26.0 Å². The molecule has 0 unspecified atom stereocenters. The highest BCUT2D eigenvalue weighted by Crippen LogP contribution is 2.27. The van der Waals surface area contributed by atoms with Crippen molar-refractivity contribution in [2.24, 2.45) is 11.5 Å². The van der Waals surface area contributed by atoms with Gasteiger partial charge in [0.2, 0.25) is 0 Å². The molecule has 0 radical (unpaired) electrons. The molecule has 0 aromatic rings. The summed E-state index contributed by atoms with van der Waals surface area (Å²) < 4.78 is 10.6. The van der Waals surface area contributed by atoms with Crippen molar-refractivity contribution in [2.45, 2.75) is 67.2 Å². The number of hydrogen-bond donors (Lipinski definition) is 9. The van der Waals surface area contributed by atoms with Gasteiger partial charge >= 0.3 is 0 Å². The van der Waals surface area contributed by atoms with Crippen molar-refractivity contribution in [3.63, 3.8) is 0 Å². The first-order chi connectivity index (χ1) is 10.7. The van der Waals surface area contributed by atoms with Crippen LogP contribution < -0.4 is 11.5 Å². The van der Waals surface area contributed by atoms with Crippen LogP contribution >= 0.6 is 0 Å². The lowest BCUT2D eigenvalue weighted by Gasteiger charge is -2.46. The third kappa shape index (κ3) is 3.36. The Labute approximate surface area is 131 Å². The molecule has 136 valence electrons. The minimum atomic E-state index is -1.71. The fraction of sp³-hybridized carbons (Fsp3) is 1.00. The van der Waals surface area contributed by atoms with Gasteiger partial charge in [-0.05, 0) is 0 Å². The maximum atomic E-state index is 9.97. The van der Waals surface area contributed by atoms with Gasteiger partial charge in [0.25, 0.3) is 0 Å². The van der Waals surface area contributed by atoms with E-state index in [1.165, 1.54) is 0 Å². The lowest BCUT2D eigenvalue weighted by atomic mass is 9.83. The summed E-state index contributed by atoms with van der Waals surface area (Å²) in [4.78, 5) is 0. The van der Waals surface area contributed by atoms with Crippen molar-refractivity contribution in [2.75, 3.05) is 6.61 Å². The highest BCUT2D eigenvalue weighted by atomic mass is 16.7. The third-order valence-electron chi connectivity index (χ3n) is 4.38. The van der Waals surface area contributed by atoms with E-state index in [9.17, 15) is 30.6 Å². The molecule has 11 N–H and O–H groups in total. The van der Waals surface area contributed by atoms with E-state index in [-0.39, 0.29) is 0 Å². The SMILES string of the molecule is N[C@H]1[C@@H](O[C@@H]2[C@@H](N)[C@H](O)[C@@H](O)[C@H](O)[C@H]2O)O[C@H](CO)[C@@H](O)[C@@H]1O. The fourth-order valence-electron chi connectivity index (χ4n) is 2.80. The number of aliphatic hydroxyl groups excluding tert-OH is 7. The summed E-state index contributed by atoms with van der Waals surface area (Å²) in [6.07, 6.45) is -13.4. The molecule has 1 aliphatic heterocycles. The molecule has 0 aromatic carbocycles. The van der Waals surface area contributed by atoms with Crippen molar-refractivity contribution in [1.29, 1.82) is 0 Å². The highest BCUT2D eigenvalue weighted by molar-refractivity contribution is 5.02. The molecule has 2 aliphatic rings. The zero-order valence-corrected chi connectivity index (χ0v) is 12.2. The molecule has 2 rings (SSSR count). The van der Waals surface area contributed by atoms with Crippen molar-refractivity contribution in [3.8, 4) is 0 Å². The Morgan fingerprint density at radius 2 is 1.26 bits per heavy atom. The van der Waals surface area contributed by atoms with Gasteiger partial charge in [-0.1, -0.05) is 0 Å². The normalized spacial score (nSPS) is 54.9. The molecule has 1 heterocycles. The summed E-state index contributed by atoms with van der Waals surface area (Å²) in [6, 6.07) is -2.50. The number of ether oxygens (including phenoxy) is 2. The standard InChI is InChI=1S/C12H24N2O9/c13-3-6(17)8(19)9(20)10(21)11(3)23-12-4(14)7(18)5(16)2(1-15)22-12/h2-12,15-21H,1,13-14H2/t2-,3+,4-,5-,6+,7-,8-,9+,10-,11-,12-/m1/s1. The predicted molar refractivity (Wildman–Crippen MR) is 72.6 cm³/mol. The van der Waals surface area contributed by atoms with E-state index >= 15 is 0 Å². The van der Waals surface area contributed by atoms with Gasteiger partial charge in [0.05, 0.1) is 18.7 Å². The molecule has 11 nitrogen and oxygen atoms in total. The largest absolute Gasteiger partial charge is 0.394 e. The topological polar surface area (TPSA) is 212 Å². The molecular weight excluding hydrogens is 316 g/mol. The summed E-state index contributed by atoms with van der Waals surface area (Å²) >= 11 is 0. The van der Waals surface area contributed by atoms with E-state index in [1.807, 2.05) is 0 Å². The van der Waals surface area contributed by atoms with Crippen LogP contribution in [0.4, 0.5) is 0 Å². The molecular formula is C12H24N2O9. The molecule has 0 amide bonds. The van der Waals surface area contributed by atoms with Crippen LogP contribution in [0.15, 0.2) is 0 Å². The zero-order chi connectivity index (χ0) is 17.5. The Balaban J connectivity index is 2.13. The van der Waals surface area contributed by atoms with Crippen molar-refractivity contribution in [1.82, 2.24) is 0 Å². The number of nitrogens with two attached hydrogens (primary N) is 2. The summed E-state index contributed by atoms with van der Waals surface area (Å²) in [7, 11) is 0. The third-order valence-corrected chi connectivity index (χ3v) is 4.38. The fourth-order valence-corrected chi connectivity index (χ4v) is 2.80. The van der Waals surface area contributed by atoms with Gasteiger partial charge in [-0.25, -0.2) is 0 Å². The Hall–Kier alpha value is -0.440. The Morgan fingerprint density at radius 1 is 0.739 bits per heavy atom. The average molecular weight is 340 g/mol. The van der Waals surface area contributed by atoms with Gasteiger partial charge in [0, 0.05) is 0 Å². The molecule has 23 heavy (non-hydrogen) atoms. The first-order valence-electron chi connectivity index (χ1n) is 7.22. The Kier molecular flexibility index (Phi) is 5.92. The summed E-state index contributed by atoms with van der Waals surface area (Å²) in [5, 5.41) is 67.7. The second-order valence-corrected chi connectivity index (χ2v) is 5.92. The first-order valence-corrected chi connectivity index (χ1v) is 7.22. The molecule has 0 aromatic heterocycles. The van der Waals surface area contributed by atoms with Gasteiger partial charge in [0.15, 0.2) is 6.29 Å². The van der Waals surface area contributed by atoms with E-state index in [1.54, 1.807) is 0 Å².